The molecule has 0 aliphatic rings. The van der Waals surface area contributed by atoms with Crippen molar-refractivity contribution >= 4 is 29.3 Å². The first-order chi connectivity index (χ1) is 8.45. The Morgan fingerprint density at radius 3 is 2.67 bits per heavy atom. The highest BCUT2D eigenvalue weighted by molar-refractivity contribution is 7.99. The first-order valence-corrected chi connectivity index (χ1v) is 5.67. The number of anilines is 1. The lowest BCUT2D eigenvalue weighted by Crippen LogP contribution is -2.33. The summed E-state index contributed by atoms with van der Waals surface area (Å²) in [6.07, 6.45) is 0. The molecule has 2 heterocycles. The van der Waals surface area contributed by atoms with E-state index in [1.54, 1.807) is 0 Å². The van der Waals surface area contributed by atoms with Crippen LogP contribution < -0.4 is 16.9 Å². The molecular formula is C7H6ClN7O2S. The quantitative estimate of drug-likeness (QED) is 0.675. The summed E-state index contributed by atoms with van der Waals surface area (Å²) in [4.78, 5) is 36.9. The van der Waals surface area contributed by atoms with Gasteiger partial charge in [-0.15, -0.1) is 0 Å². The Bertz CT molecular complexity index is 691. The maximum absolute atomic E-state index is 11.1. The van der Waals surface area contributed by atoms with Crippen molar-refractivity contribution < 1.29 is 0 Å². The number of rotatable bonds is 2. The molecule has 9 nitrogen and oxygen atoms in total. The van der Waals surface area contributed by atoms with Gasteiger partial charge in [0.2, 0.25) is 16.4 Å². The SMILES string of the molecule is Cn1[nH]c(=O)c(=O)nc1Sc1nc(N)nc(Cl)n1. The van der Waals surface area contributed by atoms with Gasteiger partial charge in [0.15, 0.2) is 5.16 Å². The van der Waals surface area contributed by atoms with Crippen molar-refractivity contribution in [3.8, 4) is 0 Å². The van der Waals surface area contributed by atoms with E-state index < -0.39 is 11.1 Å². The Morgan fingerprint density at radius 1 is 1.28 bits per heavy atom. The van der Waals surface area contributed by atoms with E-state index >= 15 is 0 Å². The lowest BCUT2D eigenvalue weighted by molar-refractivity contribution is 0.595. The molecule has 11 heteroatoms. The summed E-state index contributed by atoms with van der Waals surface area (Å²) in [5.74, 6) is -0.0491. The molecule has 2 aromatic heterocycles. The number of aromatic nitrogens is 6. The molecule has 0 fully saturated rings. The van der Waals surface area contributed by atoms with Crippen LogP contribution in [-0.2, 0) is 7.05 Å². The Hall–Kier alpha value is -1.94. The molecule has 0 saturated heterocycles. The standard InChI is InChI=1S/C7H6ClN7O2S/c1-15-7(10-2(16)3(17)14-15)18-6-12-4(8)11-5(9)13-6/h1H3,(H,14,17)(H2,9,11,12,13). The predicted octanol–water partition coefficient (Wildman–Crippen LogP) is -0.960. The second kappa shape index (κ2) is 4.74. The average molecular weight is 288 g/mol. The van der Waals surface area contributed by atoms with Crippen LogP contribution in [0.2, 0.25) is 5.28 Å². The van der Waals surface area contributed by atoms with Gasteiger partial charge in [-0.25, -0.2) is 0 Å². The molecular weight excluding hydrogens is 282 g/mol. The van der Waals surface area contributed by atoms with Crippen molar-refractivity contribution in [3.63, 3.8) is 0 Å². The number of halogens is 1. The minimum atomic E-state index is -0.899. The van der Waals surface area contributed by atoms with E-state index in [9.17, 15) is 9.59 Å². The molecule has 0 spiro atoms. The van der Waals surface area contributed by atoms with Crippen LogP contribution >= 0.6 is 23.4 Å². The van der Waals surface area contributed by atoms with Gasteiger partial charge in [0.1, 0.15) is 0 Å². The summed E-state index contributed by atoms with van der Waals surface area (Å²) < 4.78 is 1.27. The fourth-order valence-corrected chi connectivity index (χ4v) is 1.99. The van der Waals surface area contributed by atoms with Crippen LogP contribution in [0.1, 0.15) is 0 Å². The van der Waals surface area contributed by atoms with Crippen molar-refractivity contribution in [1.82, 2.24) is 29.7 Å². The summed E-state index contributed by atoms with van der Waals surface area (Å²) in [5.41, 5.74) is 3.69. The Labute approximate surface area is 108 Å². The first kappa shape index (κ1) is 12.5. The van der Waals surface area contributed by atoms with E-state index in [-0.39, 0.29) is 21.5 Å². The number of nitrogens with two attached hydrogens (primary N) is 1. The predicted molar refractivity (Wildman–Crippen MR) is 63.5 cm³/mol. The number of nitrogens with zero attached hydrogens (tertiary/aromatic N) is 5. The van der Waals surface area contributed by atoms with Crippen molar-refractivity contribution in [2.24, 2.45) is 7.05 Å². The van der Waals surface area contributed by atoms with Gasteiger partial charge in [-0.1, -0.05) is 0 Å². The van der Waals surface area contributed by atoms with Crippen LogP contribution in [0.5, 0.6) is 0 Å². The lowest BCUT2D eigenvalue weighted by atomic mass is 10.8. The second-order valence-electron chi connectivity index (χ2n) is 3.05. The molecule has 2 rings (SSSR count). The van der Waals surface area contributed by atoms with E-state index in [1.807, 2.05) is 0 Å². The van der Waals surface area contributed by atoms with Gasteiger partial charge in [0, 0.05) is 7.05 Å². The molecule has 0 amide bonds. The maximum Gasteiger partial charge on any atom is 0.339 e. The molecule has 2 aromatic rings. The summed E-state index contributed by atoms with van der Waals surface area (Å²) in [6.45, 7) is 0. The smallest absolute Gasteiger partial charge is 0.339 e. The normalized spacial score (nSPS) is 10.6. The monoisotopic (exact) mass is 287 g/mol. The molecule has 0 atom stereocenters. The number of nitrogens with one attached hydrogen (secondary N) is 1. The van der Waals surface area contributed by atoms with Crippen LogP contribution in [-0.4, -0.2) is 29.7 Å². The van der Waals surface area contributed by atoms with Gasteiger partial charge in [-0.2, -0.15) is 19.9 Å². The van der Waals surface area contributed by atoms with Gasteiger partial charge >= 0.3 is 11.1 Å². The van der Waals surface area contributed by atoms with Gasteiger partial charge in [0.05, 0.1) is 0 Å². The average Bonchev–Trinajstić information content (AvgIpc) is 2.24. The number of hydrogen-bond donors (Lipinski definition) is 2. The number of hydrogen-bond acceptors (Lipinski definition) is 8. The van der Waals surface area contributed by atoms with E-state index in [2.05, 4.69) is 25.0 Å². The second-order valence-corrected chi connectivity index (χ2v) is 4.32. The number of aryl methyl sites for hydroxylation is 1. The summed E-state index contributed by atoms with van der Waals surface area (Å²) in [5, 5.41) is 2.58. The largest absolute Gasteiger partial charge is 0.368 e. The molecule has 0 unspecified atom stereocenters. The minimum absolute atomic E-state index is 0.0491. The molecule has 0 saturated carbocycles. The van der Waals surface area contributed by atoms with E-state index in [1.165, 1.54) is 11.7 Å². The fraction of sp³-hybridized carbons (Fsp3) is 0.143. The van der Waals surface area contributed by atoms with Crippen molar-refractivity contribution in [1.29, 1.82) is 0 Å². The number of H-pyrrole nitrogens is 1. The maximum atomic E-state index is 11.1. The number of aromatic amines is 1. The molecule has 94 valence electrons. The molecule has 0 aliphatic heterocycles. The Kier molecular flexibility index (Phi) is 3.30. The van der Waals surface area contributed by atoms with Gasteiger partial charge in [-0.3, -0.25) is 19.4 Å². The van der Waals surface area contributed by atoms with Crippen molar-refractivity contribution in [2.75, 3.05) is 5.73 Å². The van der Waals surface area contributed by atoms with Crippen LogP contribution in [0.4, 0.5) is 5.95 Å². The van der Waals surface area contributed by atoms with Crippen molar-refractivity contribution in [2.45, 2.75) is 10.3 Å². The molecule has 0 aromatic carbocycles. The molecule has 0 bridgehead atoms. The van der Waals surface area contributed by atoms with E-state index in [0.717, 1.165) is 11.8 Å². The minimum Gasteiger partial charge on any atom is -0.368 e. The molecule has 0 radical (unpaired) electrons. The zero-order chi connectivity index (χ0) is 13.3. The zero-order valence-corrected chi connectivity index (χ0v) is 10.5. The summed E-state index contributed by atoms with van der Waals surface area (Å²) in [7, 11) is 1.52. The third-order valence-electron chi connectivity index (χ3n) is 1.74. The fourth-order valence-electron chi connectivity index (χ4n) is 1.03. The van der Waals surface area contributed by atoms with Crippen LogP contribution in [0.3, 0.4) is 0 Å². The first-order valence-electron chi connectivity index (χ1n) is 4.48. The summed E-state index contributed by atoms with van der Waals surface area (Å²) in [6, 6.07) is 0. The molecule has 3 N–H and O–H groups in total. The van der Waals surface area contributed by atoms with Crippen LogP contribution in [0, 0.1) is 0 Å². The highest BCUT2D eigenvalue weighted by Gasteiger charge is 2.10. The van der Waals surface area contributed by atoms with E-state index in [0.29, 0.717) is 0 Å². The van der Waals surface area contributed by atoms with Crippen LogP contribution in [0.15, 0.2) is 19.9 Å². The van der Waals surface area contributed by atoms with Crippen molar-refractivity contribution in [3.05, 3.63) is 26.0 Å². The Balaban J connectivity index is 2.43. The highest BCUT2D eigenvalue weighted by Crippen LogP contribution is 2.21. The van der Waals surface area contributed by atoms with E-state index in [4.69, 9.17) is 17.3 Å². The number of nitrogen functional groups attached to an aromatic ring is 1. The topological polar surface area (TPSA) is 132 Å². The Morgan fingerprint density at radius 2 is 2.00 bits per heavy atom. The zero-order valence-electron chi connectivity index (χ0n) is 8.92. The van der Waals surface area contributed by atoms with Gasteiger partial charge in [0.25, 0.3) is 0 Å². The lowest BCUT2D eigenvalue weighted by Gasteiger charge is -2.04. The third-order valence-corrected chi connectivity index (χ3v) is 2.82. The third kappa shape index (κ3) is 2.65. The summed E-state index contributed by atoms with van der Waals surface area (Å²) >= 11 is 6.53. The van der Waals surface area contributed by atoms with Gasteiger partial charge < -0.3 is 5.73 Å². The highest BCUT2D eigenvalue weighted by atomic mass is 35.5. The molecule has 18 heavy (non-hydrogen) atoms. The van der Waals surface area contributed by atoms with Crippen LogP contribution in [0.25, 0.3) is 0 Å². The molecule has 0 aliphatic carbocycles. The van der Waals surface area contributed by atoms with Gasteiger partial charge in [-0.05, 0) is 23.4 Å².